The molecule has 7 heteroatoms. The monoisotopic (exact) mass is 406 g/mol. The van der Waals surface area contributed by atoms with Crippen LogP contribution in [0.3, 0.4) is 0 Å². The minimum Gasteiger partial charge on any atom is -0.356 e. The average molecular weight is 407 g/mol. The fourth-order valence-corrected chi connectivity index (χ4v) is 3.95. The van der Waals surface area contributed by atoms with E-state index in [-0.39, 0.29) is 11.9 Å². The van der Waals surface area contributed by atoms with Gasteiger partial charge >= 0.3 is 0 Å². The predicted molar refractivity (Wildman–Crippen MR) is 112 cm³/mol. The second kappa shape index (κ2) is 7.13. The summed E-state index contributed by atoms with van der Waals surface area (Å²) in [4.78, 5) is 21.3. The van der Waals surface area contributed by atoms with Gasteiger partial charge in [-0.15, -0.1) is 0 Å². The van der Waals surface area contributed by atoms with Crippen molar-refractivity contribution in [2.75, 3.05) is 20.1 Å². The molecular formula is C22H19ClN4O2. The Balaban J connectivity index is 1.24. The van der Waals surface area contributed by atoms with Crippen molar-refractivity contribution in [2.24, 2.45) is 0 Å². The summed E-state index contributed by atoms with van der Waals surface area (Å²) in [5.74, 6) is 0.0269. The Morgan fingerprint density at radius 2 is 2.10 bits per heavy atom. The van der Waals surface area contributed by atoms with Gasteiger partial charge in [-0.1, -0.05) is 22.8 Å². The minimum absolute atomic E-state index is 0.0269. The molecule has 6 nitrogen and oxygen atoms in total. The Bertz CT molecular complexity index is 1220. The number of hydrogen-bond donors (Lipinski definition) is 0. The molecule has 0 saturated carbocycles. The SMILES string of the molecule is CN(C(=O)c1ccc2ncccc2c1)C1CN(Cc2noc3ccc(Cl)cc23)C1. The largest absolute Gasteiger partial charge is 0.356 e. The molecule has 0 spiro atoms. The quantitative estimate of drug-likeness (QED) is 0.513. The van der Waals surface area contributed by atoms with Crippen LogP contribution < -0.4 is 0 Å². The molecule has 5 rings (SSSR count). The highest BCUT2D eigenvalue weighted by Crippen LogP contribution is 2.26. The lowest BCUT2D eigenvalue weighted by Gasteiger charge is -2.43. The van der Waals surface area contributed by atoms with Crippen LogP contribution in [0.25, 0.3) is 21.9 Å². The van der Waals surface area contributed by atoms with Crippen LogP contribution in [0.5, 0.6) is 0 Å². The highest BCUT2D eigenvalue weighted by Gasteiger charge is 2.33. The Labute approximate surface area is 172 Å². The lowest BCUT2D eigenvalue weighted by molar-refractivity contribution is 0.0328. The topological polar surface area (TPSA) is 62.5 Å². The third-order valence-electron chi connectivity index (χ3n) is 5.54. The number of amides is 1. The molecule has 0 atom stereocenters. The van der Waals surface area contributed by atoms with Crippen LogP contribution in [-0.2, 0) is 6.54 Å². The fraction of sp³-hybridized carbons (Fsp3) is 0.227. The van der Waals surface area contributed by atoms with E-state index in [1.807, 2.05) is 54.4 Å². The fourth-order valence-electron chi connectivity index (χ4n) is 3.78. The van der Waals surface area contributed by atoms with Crippen molar-refractivity contribution in [1.29, 1.82) is 0 Å². The number of likely N-dealkylation sites (tertiary alicyclic amines) is 1. The number of carbonyl (C=O) groups excluding carboxylic acids is 1. The smallest absolute Gasteiger partial charge is 0.253 e. The van der Waals surface area contributed by atoms with Gasteiger partial charge in [0.2, 0.25) is 0 Å². The van der Waals surface area contributed by atoms with Gasteiger partial charge in [-0.3, -0.25) is 14.7 Å². The van der Waals surface area contributed by atoms with Crippen LogP contribution in [0, 0.1) is 0 Å². The second-order valence-electron chi connectivity index (χ2n) is 7.44. The second-order valence-corrected chi connectivity index (χ2v) is 7.88. The number of halogens is 1. The lowest BCUT2D eigenvalue weighted by Crippen LogP contribution is -2.59. The van der Waals surface area contributed by atoms with Crippen molar-refractivity contribution in [1.82, 2.24) is 19.9 Å². The Kier molecular flexibility index (Phi) is 4.45. The van der Waals surface area contributed by atoms with E-state index in [9.17, 15) is 4.79 Å². The summed E-state index contributed by atoms with van der Waals surface area (Å²) in [6.07, 6.45) is 1.75. The van der Waals surface area contributed by atoms with Crippen LogP contribution in [0.1, 0.15) is 16.1 Å². The summed E-state index contributed by atoms with van der Waals surface area (Å²) >= 11 is 6.10. The van der Waals surface area contributed by atoms with E-state index in [0.717, 1.165) is 40.7 Å². The number of rotatable bonds is 4. The Morgan fingerprint density at radius 3 is 2.97 bits per heavy atom. The maximum atomic E-state index is 12.9. The number of carbonyl (C=O) groups is 1. The molecule has 0 bridgehead atoms. The maximum absolute atomic E-state index is 12.9. The summed E-state index contributed by atoms with van der Waals surface area (Å²) in [5, 5.41) is 6.75. The molecule has 0 N–H and O–H groups in total. The zero-order chi connectivity index (χ0) is 20.0. The van der Waals surface area contributed by atoms with Crippen molar-refractivity contribution in [3.63, 3.8) is 0 Å². The molecule has 2 aromatic carbocycles. The molecule has 4 aromatic rings. The normalized spacial score (nSPS) is 15.0. The molecule has 0 aliphatic carbocycles. The highest BCUT2D eigenvalue weighted by atomic mass is 35.5. The number of fused-ring (bicyclic) bond motifs is 2. The van der Waals surface area contributed by atoms with Gasteiger partial charge in [0.25, 0.3) is 5.91 Å². The first-order valence-corrected chi connectivity index (χ1v) is 9.84. The summed E-state index contributed by atoms with van der Waals surface area (Å²) in [7, 11) is 1.86. The first-order valence-electron chi connectivity index (χ1n) is 9.46. The Morgan fingerprint density at radius 1 is 1.24 bits per heavy atom. The molecule has 3 heterocycles. The summed E-state index contributed by atoms with van der Waals surface area (Å²) in [6.45, 7) is 2.27. The van der Waals surface area contributed by atoms with Crippen LogP contribution in [0.15, 0.2) is 59.3 Å². The average Bonchev–Trinajstić information content (AvgIpc) is 3.10. The summed E-state index contributed by atoms with van der Waals surface area (Å²) in [5.41, 5.74) is 3.18. The number of aromatic nitrogens is 2. The zero-order valence-corrected chi connectivity index (χ0v) is 16.6. The molecule has 1 fully saturated rings. The number of hydrogen-bond acceptors (Lipinski definition) is 5. The Hall–Kier alpha value is -2.96. The van der Waals surface area contributed by atoms with Crippen LogP contribution in [0.2, 0.25) is 5.02 Å². The van der Waals surface area contributed by atoms with E-state index >= 15 is 0 Å². The van der Waals surface area contributed by atoms with Gasteiger partial charge in [0.15, 0.2) is 5.58 Å². The van der Waals surface area contributed by atoms with E-state index < -0.39 is 0 Å². The van der Waals surface area contributed by atoms with Crippen molar-refractivity contribution in [3.05, 3.63) is 71.0 Å². The van der Waals surface area contributed by atoms with E-state index in [1.54, 1.807) is 12.3 Å². The molecule has 1 amide bonds. The first kappa shape index (κ1) is 18.1. The van der Waals surface area contributed by atoms with Crippen molar-refractivity contribution >= 4 is 39.4 Å². The highest BCUT2D eigenvalue weighted by molar-refractivity contribution is 6.31. The summed E-state index contributed by atoms with van der Waals surface area (Å²) < 4.78 is 5.37. The predicted octanol–water partition coefficient (Wildman–Crippen LogP) is 3.99. The zero-order valence-electron chi connectivity index (χ0n) is 15.9. The molecule has 1 aliphatic rings. The molecule has 1 saturated heterocycles. The number of nitrogens with zero attached hydrogens (tertiary/aromatic N) is 4. The summed E-state index contributed by atoms with van der Waals surface area (Å²) in [6, 6.07) is 15.2. The van der Waals surface area contributed by atoms with Crippen molar-refractivity contribution < 1.29 is 9.32 Å². The van der Waals surface area contributed by atoms with Gasteiger partial charge in [-0.25, -0.2) is 0 Å². The molecule has 146 valence electrons. The van der Waals surface area contributed by atoms with Gasteiger partial charge in [0.1, 0.15) is 5.69 Å². The van der Waals surface area contributed by atoms with Gasteiger partial charge < -0.3 is 9.42 Å². The minimum atomic E-state index is 0.0269. The number of benzene rings is 2. The van der Waals surface area contributed by atoms with E-state index in [2.05, 4.69) is 15.0 Å². The third kappa shape index (κ3) is 3.34. The lowest BCUT2D eigenvalue weighted by atomic mass is 10.0. The van der Waals surface area contributed by atoms with Crippen molar-refractivity contribution in [3.8, 4) is 0 Å². The van der Waals surface area contributed by atoms with E-state index in [0.29, 0.717) is 17.1 Å². The van der Waals surface area contributed by atoms with E-state index in [4.69, 9.17) is 16.1 Å². The first-order chi connectivity index (χ1) is 14.1. The number of likely N-dealkylation sites (N-methyl/N-ethyl adjacent to an activating group) is 1. The van der Waals surface area contributed by atoms with Gasteiger partial charge in [0, 0.05) is 54.2 Å². The van der Waals surface area contributed by atoms with Crippen LogP contribution in [0.4, 0.5) is 0 Å². The third-order valence-corrected chi connectivity index (χ3v) is 5.77. The van der Waals surface area contributed by atoms with Crippen LogP contribution >= 0.6 is 11.6 Å². The molecule has 0 unspecified atom stereocenters. The molecule has 0 radical (unpaired) electrons. The molecule has 1 aliphatic heterocycles. The molecule has 2 aromatic heterocycles. The van der Waals surface area contributed by atoms with Crippen LogP contribution in [-0.4, -0.2) is 52.0 Å². The number of pyridine rings is 1. The van der Waals surface area contributed by atoms with Gasteiger partial charge in [-0.05, 0) is 42.5 Å². The van der Waals surface area contributed by atoms with Crippen molar-refractivity contribution in [2.45, 2.75) is 12.6 Å². The van der Waals surface area contributed by atoms with Gasteiger partial charge in [0.05, 0.1) is 11.6 Å². The van der Waals surface area contributed by atoms with E-state index in [1.165, 1.54) is 0 Å². The molecule has 29 heavy (non-hydrogen) atoms. The molecular weight excluding hydrogens is 388 g/mol. The van der Waals surface area contributed by atoms with Gasteiger partial charge in [-0.2, -0.15) is 0 Å². The maximum Gasteiger partial charge on any atom is 0.253 e. The standard InChI is InChI=1S/C22H19ClN4O2/c1-26(22(28)15-4-6-19-14(9-15)3-2-8-24-19)17-11-27(12-17)13-20-18-10-16(23)5-7-21(18)29-25-20/h2-10,17H,11-13H2,1H3.